The molecule has 2 unspecified atom stereocenters. The number of ether oxygens (including phenoxy) is 1. The number of methoxy groups -OCH3 is 1. The minimum absolute atomic E-state index is 0.118. The van der Waals surface area contributed by atoms with E-state index in [1.807, 2.05) is 58.0 Å². The van der Waals surface area contributed by atoms with Crippen LogP contribution in [0.5, 0.6) is 0 Å². The molecule has 0 heterocycles. The van der Waals surface area contributed by atoms with Crippen LogP contribution in [0.4, 0.5) is 0 Å². The summed E-state index contributed by atoms with van der Waals surface area (Å²) in [7, 11) is 4.93. The molecule has 0 bridgehead atoms. The van der Waals surface area contributed by atoms with Gasteiger partial charge in [-0.15, -0.1) is 0 Å². The molecular weight excluding hydrogens is 402 g/mol. The molecule has 0 saturated heterocycles. The standard InChI is InChI=1S/C13H27NO2.C8H10O.C2H4O.2C2H6/c1-6-8-12(10-9-11(3)7-2)13(15)14(4)16-5;1-9-7-8-5-3-2-4-6-8;1-2-3;2*1-2/h11-12H,6-10H2,1-5H3;2-6H,7H2,1H3;2H,1H3;2*1-2H3. The van der Waals surface area contributed by atoms with Gasteiger partial charge in [-0.1, -0.05) is 91.6 Å². The van der Waals surface area contributed by atoms with Crippen molar-refractivity contribution in [1.82, 2.24) is 5.06 Å². The number of rotatable bonds is 10. The molecule has 0 saturated carbocycles. The number of hydrogen-bond acceptors (Lipinski definition) is 4. The maximum Gasteiger partial charge on any atom is 0.248 e. The molecule has 1 rings (SSSR count). The molecule has 190 valence electrons. The van der Waals surface area contributed by atoms with Crippen LogP contribution < -0.4 is 0 Å². The summed E-state index contributed by atoms with van der Waals surface area (Å²) in [5, 5.41) is 1.36. The smallest absolute Gasteiger partial charge is 0.248 e. The SMILES string of the molecule is CC.CC.CC=O.CCCC(CCC(C)CC)C(=O)N(C)OC.COCc1ccccc1. The molecule has 0 aliphatic carbocycles. The molecule has 1 aromatic carbocycles. The van der Waals surface area contributed by atoms with Crippen LogP contribution in [0.15, 0.2) is 30.3 Å². The van der Waals surface area contributed by atoms with Gasteiger partial charge in [0.15, 0.2) is 0 Å². The molecule has 0 aromatic heterocycles. The maximum absolute atomic E-state index is 12.0. The fourth-order valence-corrected chi connectivity index (χ4v) is 2.52. The summed E-state index contributed by atoms with van der Waals surface area (Å²) in [6.07, 6.45) is 6.06. The number of hydroxylamine groups is 2. The molecule has 1 amide bonds. The number of carbonyl (C=O) groups excluding carboxylic acids is 2. The van der Waals surface area contributed by atoms with Gasteiger partial charge < -0.3 is 9.53 Å². The van der Waals surface area contributed by atoms with Crippen LogP contribution >= 0.6 is 0 Å². The summed E-state index contributed by atoms with van der Waals surface area (Å²) < 4.78 is 4.93. The lowest BCUT2D eigenvalue weighted by Gasteiger charge is -2.22. The first kappa shape index (κ1) is 37.6. The average molecular weight is 456 g/mol. The molecule has 0 radical (unpaired) electrons. The molecule has 1 aromatic rings. The number of amides is 1. The van der Waals surface area contributed by atoms with E-state index in [9.17, 15) is 4.79 Å². The maximum atomic E-state index is 12.0. The van der Waals surface area contributed by atoms with E-state index in [2.05, 4.69) is 20.8 Å². The van der Waals surface area contributed by atoms with Gasteiger partial charge in [0.05, 0.1) is 13.7 Å². The monoisotopic (exact) mass is 455 g/mol. The first-order valence-corrected chi connectivity index (χ1v) is 12.2. The van der Waals surface area contributed by atoms with Gasteiger partial charge in [0.2, 0.25) is 5.91 Å². The second-order valence-corrected chi connectivity index (χ2v) is 6.75. The fourth-order valence-electron chi connectivity index (χ4n) is 2.52. The van der Waals surface area contributed by atoms with Gasteiger partial charge in [-0.2, -0.15) is 0 Å². The Bertz CT molecular complexity index is 480. The highest BCUT2D eigenvalue weighted by Crippen LogP contribution is 2.20. The van der Waals surface area contributed by atoms with Crippen molar-refractivity contribution in [3.63, 3.8) is 0 Å². The Morgan fingerprint density at radius 3 is 1.88 bits per heavy atom. The summed E-state index contributed by atoms with van der Waals surface area (Å²) in [6.45, 7) is 16.7. The molecular formula is C27H53NO4. The van der Waals surface area contributed by atoms with E-state index >= 15 is 0 Å². The van der Waals surface area contributed by atoms with Gasteiger partial charge in [0, 0.05) is 20.1 Å². The van der Waals surface area contributed by atoms with Gasteiger partial charge in [-0.05, 0) is 37.7 Å². The summed E-state index contributed by atoms with van der Waals surface area (Å²) in [5.41, 5.74) is 1.22. The van der Waals surface area contributed by atoms with Crippen molar-refractivity contribution in [3.8, 4) is 0 Å². The molecule has 0 fully saturated rings. The summed E-state index contributed by atoms with van der Waals surface area (Å²) in [4.78, 5) is 25.7. The lowest BCUT2D eigenvalue weighted by atomic mass is 9.91. The molecule has 0 aliphatic rings. The van der Waals surface area contributed by atoms with Crippen molar-refractivity contribution >= 4 is 12.2 Å². The zero-order chi connectivity index (χ0) is 25.8. The third kappa shape index (κ3) is 24.5. The second kappa shape index (κ2) is 31.5. The minimum atomic E-state index is 0.118. The largest absolute Gasteiger partial charge is 0.380 e. The third-order valence-electron chi connectivity index (χ3n) is 4.43. The molecule has 0 aliphatic heterocycles. The highest BCUT2D eigenvalue weighted by Gasteiger charge is 2.21. The molecule has 0 N–H and O–H groups in total. The normalized spacial score (nSPS) is 10.7. The van der Waals surface area contributed by atoms with E-state index in [1.165, 1.54) is 31.1 Å². The van der Waals surface area contributed by atoms with E-state index in [4.69, 9.17) is 14.4 Å². The Labute approximate surface area is 199 Å². The van der Waals surface area contributed by atoms with E-state index < -0.39 is 0 Å². The second-order valence-electron chi connectivity index (χ2n) is 6.75. The highest BCUT2D eigenvalue weighted by molar-refractivity contribution is 5.77. The van der Waals surface area contributed by atoms with Gasteiger partial charge in [-0.3, -0.25) is 9.63 Å². The number of hydrogen-bond donors (Lipinski definition) is 0. The predicted molar refractivity (Wildman–Crippen MR) is 138 cm³/mol. The van der Waals surface area contributed by atoms with E-state index in [0.717, 1.165) is 32.0 Å². The van der Waals surface area contributed by atoms with Crippen LogP contribution in [0.25, 0.3) is 0 Å². The van der Waals surface area contributed by atoms with Crippen LogP contribution in [-0.2, 0) is 25.8 Å². The number of nitrogens with zero attached hydrogens (tertiary/aromatic N) is 1. The highest BCUT2D eigenvalue weighted by atomic mass is 16.7. The van der Waals surface area contributed by atoms with Gasteiger partial charge in [0.1, 0.15) is 6.29 Å². The van der Waals surface area contributed by atoms with Crippen molar-refractivity contribution in [2.24, 2.45) is 11.8 Å². The van der Waals surface area contributed by atoms with Crippen LogP contribution in [0.3, 0.4) is 0 Å². The van der Waals surface area contributed by atoms with Gasteiger partial charge >= 0.3 is 0 Å². The molecule has 5 heteroatoms. The molecule has 32 heavy (non-hydrogen) atoms. The zero-order valence-electron chi connectivity index (χ0n) is 22.9. The average Bonchev–Trinajstić information content (AvgIpc) is 2.84. The summed E-state index contributed by atoms with van der Waals surface area (Å²) in [6, 6.07) is 10.1. The quantitative estimate of drug-likeness (QED) is 0.273. The molecule has 2 atom stereocenters. The Hall–Kier alpha value is -1.72. The molecule has 5 nitrogen and oxygen atoms in total. The lowest BCUT2D eigenvalue weighted by Crippen LogP contribution is -2.32. The summed E-state index contributed by atoms with van der Waals surface area (Å²) in [5.74, 6) is 0.955. The minimum Gasteiger partial charge on any atom is -0.380 e. The first-order chi connectivity index (χ1) is 15.4. The Morgan fingerprint density at radius 1 is 1.00 bits per heavy atom. The summed E-state index contributed by atoms with van der Waals surface area (Å²) >= 11 is 0. The predicted octanol–water partition coefficient (Wildman–Crippen LogP) is 7.34. The lowest BCUT2D eigenvalue weighted by molar-refractivity contribution is -0.174. The van der Waals surface area contributed by atoms with E-state index in [-0.39, 0.29) is 11.8 Å². The van der Waals surface area contributed by atoms with E-state index in [0.29, 0.717) is 12.5 Å². The topological polar surface area (TPSA) is 55.8 Å². The first-order valence-electron chi connectivity index (χ1n) is 12.2. The Balaban J connectivity index is -0.000000205. The van der Waals surface area contributed by atoms with E-state index in [1.54, 1.807) is 14.2 Å². The van der Waals surface area contributed by atoms with Crippen molar-refractivity contribution in [1.29, 1.82) is 0 Å². The van der Waals surface area contributed by atoms with Crippen molar-refractivity contribution in [2.75, 3.05) is 21.3 Å². The van der Waals surface area contributed by atoms with Crippen LogP contribution in [0.1, 0.15) is 93.1 Å². The molecule has 0 spiro atoms. The number of aldehydes is 1. The van der Waals surface area contributed by atoms with Crippen molar-refractivity contribution < 1.29 is 19.2 Å². The van der Waals surface area contributed by atoms with Gasteiger partial charge in [-0.25, -0.2) is 5.06 Å². The van der Waals surface area contributed by atoms with Crippen molar-refractivity contribution in [3.05, 3.63) is 35.9 Å². The number of carbonyl (C=O) groups is 2. The van der Waals surface area contributed by atoms with Gasteiger partial charge in [0.25, 0.3) is 0 Å². The third-order valence-corrected chi connectivity index (χ3v) is 4.43. The van der Waals surface area contributed by atoms with Crippen LogP contribution in [0, 0.1) is 11.8 Å². The Kier molecular flexibility index (Phi) is 37.0. The zero-order valence-corrected chi connectivity index (χ0v) is 22.9. The van der Waals surface area contributed by atoms with Crippen LogP contribution in [-0.4, -0.2) is 38.5 Å². The van der Waals surface area contributed by atoms with Crippen LogP contribution in [0.2, 0.25) is 0 Å². The number of benzene rings is 1. The fraction of sp³-hybridized carbons (Fsp3) is 0.704. The van der Waals surface area contributed by atoms with Crippen molar-refractivity contribution in [2.45, 2.75) is 94.1 Å². The Morgan fingerprint density at radius 2 is 1.50 bits per heavy atom.